The van der Waals surface area contributed by atoms with Gasteiger partial charge in [-0.2, -0.15) is 5.26 Å². The molecule has 0 atom stereocenters. The predicted molar refractivity (Wildman–Crippen MR) is 89.1 cm³/mol. The van der Waals surface area contributed by atoms with Gasteiger partial charge in [0.05, 0.1) is 24.5 Å². The lowest BCUT2D eigenvalue weighted by molar-refractivity contribution is 0.0593. The highest BCUT2D eigenvalue weighted by molar-refractivity contribution is 5.95. The molecule has 1 saturated carbocycles. The number of benzene rings is 1. The van der Waals surface area contributed by atoms with E-state index in [1.165, 1.54) is 26.1 Å². The maximum absolute atomic E-state index is 12.1. The van der Waals surface area contributed by atoms with Crippen LogP contribution in [0.3, 0.4) is 0 Å². The third-order valence-corrected chi connectivity index (χ3v) is 4.24. The van der Waals surface area contributed by atoms with Gasteiger partial charge in [0.2, 0.25) is 0 Å². The van der Waals surface area contributed by atoms with Crippen LogP contribution in [0.4, 0.5) is 5.69 Å². The Morgan fingerprint density at radius 3 is 2.79 bits per heavy atom. The molecule has 124 valence electrons. The van der Waals surface area contributed by atoms with Crippen LogP contribution in [0.25, 0.3) is 5.69 Å². The van der Waals surface area contributed by atoms with E-state index in [0.29, 0.717) is 5.69 Å². The van der Waals surface area contributed by atoms with Crippen molar-refractivity contribution >= 4 is 11.7 Å². The van der Waals surface area contributed by atoms with Gasteiger partial charge in [0.1, 0.15) is 11.8 Å². The number of esters is 1. The minimum absolute atomic E-state index is 0.117. The van der Waals surface area contributed by atoms with Crippen molar-refractivity contribution in [1.29, 1.82) is 5.26 Å². The second-order valence-corrected chi connectivity index (χ2v) is 5.80. The van der Waals surface area contributed by atoms with Crippen molar-refractivity contribution < 1.29 is 14.3 Å². The average molecular weight is 325 g/mol. The number of carbonyl (C=O) groups excluding carboxylic acids is 1. The molecule has 24 heavy (non-hydrogen) atoms. The highest BCUT2D eigenvalue weighted by Gasteiger charge is 2.22. The fourth-order valence-electron chi connectivity index (χ4n) is 3.02. The fraction of sp³-hybridized carbons (Fsp3) is 0.333. The maximum atomic E-state index is 12.1. The number of rotatable bonds is 4. The number of nitriles is 1. The number of aromatic nitrogens is 1. The van der Waals surface area contributed by atoms with Crippen LogP contribution in [0, 0.1) is 11.3 Å². The Labute approximate surface area is 140 Å². The van der Waals surface area contributed by atoms with Gasteiger partial charge in [0.15, 0.2) is 5.69 Å². The average Bonchev–Trinajstić information content (AvgIpc) is 3.22. The SMILES string of the molecule is COC(=O)c1c(N)c(C#N)cn1-c1cccc(OC2CCCC2)c1. The second-order valence-electron chi connectivity index (χ2n) is 5.80. The van der Waals surface area contributed by atoms with Gasteiger partial charge < -0.3 is 19.8 Å². The first-order chi connectivity index (χ1) is 11.6. The number of nitrogens with two attached hydrogens (primary N) is 1. The quantitative estimate of drug-likeness (QED) is 0.873. The maximum Gasteiger partial charge on any atom is 0.357 e. The largest absolute Gasteiger partial charge is 0.490 e. The van der Waals surface area contributed by atoms with Crippen LogP contribution >= 0.6 is 0 Å². The lowest BCUT2D eigenvalue weighted by atomic mass is 10.2. The molecule has 0 saturated heterocycles. The Balaban J connectivity index is 1.99. The number of nitrogen functional groups attached to an aromatic ring is 1. The highest BCUT2D eigenvalue weighted by atomic mass is 16.5. The summed E-state index contributed by atoms with van der Waals surface area (Å²) in [6.07, 6.45) is 6.28. The Morgan fingerprint density at radius 2 is 2.12 bits per heavy atom. The molecule has 0 radical (unpaired) electrons. The molecule has 6 heteroatoms. The molecule has 0 aliphatic heterocycles. The number of nitrogens with zero attached hydrogens (tertiary/aromatic N) is 2. The summed E-state index contributed by atoms with van der Waals surface area (Å²) in [6.45, 7) is 0. The molecule has 0 spiro atoms. The van der Waals surface area contributed by atoms with Gasteiger partial charge in [-0.3, -0.25) is 0 Å². The number of methoxy groups -OCH3 is 1. The Hall–Kier alpha value is -2.94. The summed E-state index contributed by atoms with van der Waals surface area (Å²) in [7, 11) is 1.28. The van der Waals surface area contributed by atoms with Gasteiger partial charge in [-0.1, -0.05) is 6.07 Å². The van der Waals surface area contributed by atoms with Gasteiger partial charge in [0, 0.05) is 18.0 Å². The smallest absolute Gasteiger partial charge is 0.357 e. The van der Waals surface area contributed by atoms with Crippen LogP contribution < -0.4 is 10.5 Å². The van der Waals surface area contributed by atoms with Gasteiger partial charge in [-0.25, -0.2) is 4.79 Å². The van der Waals surface area contributed by atoms with Gasteiger partial charge >= 0.3 is 5.97 Å². The minimum atomic E-state index is -0.587. The summed E-state index contributed by atoms with van der Waals surface area (Å²) >= 11 is 0. The normalized spacial score (nSPS) is 14.3. The first kappa shape index (κ1) is 15.9. The van der Waals surface area contributed by atoms with Crippen molar-refractivity contribution in [2.24, 2.45) is 0 Å². The summed E-state index contributed by atoms with van der Waals surface area (Å²) in [5, 5.41) is 9.18. The monoisotopic (exact) mass is 325 g/mol. The molecule has 3 rings (SSSR count). The third kappa shape index (κ3) is 2.93. The summed E-state index contributed by atoms with van der Waals surface area (Å²) in [6, 6.07) is 9.40. The van der Waals surface area contributed by atoms with E-state index in [2.05, 4.69) is 0 Å². The topological polar surface area (TPSA) is 90.3 Å². The van der Waals surface area contributed by atoms with Crippen molar-refractivity contribution in [3.8, 4) is 17.5 Å². The summed E-state index contributed by atoms with van der Waals surface area (Å²) in [5.74, 6) is 0.150. The third-order valence-electron chi connectivity index (χ3n) is 4.24. The van der Waals surface area contributed by atoms with Crippen molar-refractivity contribution in [2.75, 3.05) is 12.8 Å². The van der Waals surface area contributed by atoms with E-state index in [1.807, 2.05) is 30.3 Å². The van der Waals surface area contributed by atoms with Crippen molar-refractivity contribution in [3.05, 3.63) is 41.7 Å². The number of carbonyl (C=O) groups is 1. The van der Waals surface area contributed by atoms with Crippen molar-refractivity contribution in [2.45, 2.75) is 31.8 Å². The molecule has 2 aromatic rings. The molecule has 1 aliphatic rings. The second kappa shape index (κ2) is 6.67. The molecule has 6 nitrogen and oxygen atoms in total. The molecule has 1 fully saturated rings. The van der Waals surface area contributed by atoms with Gasteiger partial charge in [0.25, 0.3) is 0 Å². The minimum Gasteiger partial charge on any atom is -0.490 e. The van der Waals surface area contributed by atoms with Crippen LogP contribution in [0.5, 0.6) is 5.75 Å². The van der Waals surface area contributed by atoms with Crippen molar-refractivity contribution in [3.63, 3.8) is 0 Å². The van der Waals surface area contributed by atoms with Crippen LogP contribution in [0.2, 0.25) is 0 Å². The Kier molecular flexibility index (Phi) is 4.43. The molecular weight excluding hydrogens is 306 g/mol. The Bertz CT molecular complexity index is 798. The number of hydrogen-bond donors (Lipinski definition) is 1. The number of ether oxygens (including phenoxy) is 2. The molecule has 1 heterocycles. The molecule has 1 aromatic heterocycles. The summed E-state index contributed by atoms with van der Waals surface area (Å²) in [5.41, 5.74) is 7.11. The first-order valence-corrected chi connectivity index (χ1v) is 7.90. The number of anilines is 1. The Morgan fingerprint density at radius 1 is 1.38 bits per heavy atom. The zero-order chi connectivity index (χ0) is 17.1. The summed E-state index contributed by atoms with van der Waals surface area (Å²) in [4.78, 5) is 12.1. The van der Waals surface area contributed by atoms with E-state index >= 15 is 0 Å². The summed E-state index contributed by atoms with van der Waals surface area (Å²) < 4.78 is 12.4. The van der Waals surface area contributed by atoms with E-state index in [4.69, 9.17) is 15.2 Å². The fourth-order valence-corrected chi connectivity index (χ4v) is 3.02. The predicted octanol–water partition coefficient (Wildman–Crippen LogP) is 3.04. The standard InChI is InChI=1S/C18H19N3O3/c1-23-18(22)17-16(20)12(10-19)11-21(17)13-5-4-8-15(9-13)24-14-6-2-3-7-14/h4-5,8-9,11,14H,2-3,6-7,20H2,1H3. The molecule has 1 aromatic carbocycles. The molecule has 0 bridgehead atoms. The molecule has 1 aliphatic carbocycles. The number of hydrogen-bond acceptors (Lipinski definition) is 5. The van der Waals surface area contributed by atoms with E-state index in [1.54, 1.807) is 4.57 Å². The van der Waals surface area contributed by atoms with Crippen LogP contribution in [-0.2, 0) is 4.74 Å². The van der Waals surface area contributed by atoms with Gasteiger partial charge in [-0.05, 0) is 37.8 Å². The lowest BCUT2D eigenvalue weighted by Crippen LogP contribution is -2.12. The van der Waals surface area contributed by atoms with Gasteiger partial charge in [-0.15, -0.1) is 0 Å². The van der Waals surface area contributed by atoms with E-state index in [9.17, 15) is 10.1 Å². The first-order valence-electron chi connectivity index (χ1n) is 7.90. The van der Waals surface area contributed by atoms with Crippen LogP contribution in [0.15, 0.2) is 30.5 Å². The lowest BCUT2D eigenvalue weighted by Gasteiger charge is -2.15. The highest BCUT2D eigenvalue weighted by Crippen LogP contribution is 2.28. The zero-order valence-corrected chi connectivity index (χ0v) is 13.5. The molecule has 2 N–H and O–H groups in total. The molecule has 0 unspecified atom stereocenters. The zero-order valence-electron chi connectivity index (χ0n) is 13.5. The van der Waals surface area contributed by atoms with Crippen molar-refractivity contribution in [1.82, 2.24) is 4.57 Å². The van der Waals surface area contributed by atoms with Crippen LogP contribution in [-0.4, -0.2) is 23.8 Å². The van der Waals surface area contributed by atoms with E-state index in [0.717, 1.165) is 18.6 Å². The molecular formula is C18H19N3O3. The van der Waals surface area contributed by atoms with E-state index < -0.39 is 5.97 Å². The molecule has 0 amide bonds. The van der Waals surface area contributed by atoms with E-state index in [-0.39, 0.29) is 23.0 Å². The van der Waals surface area contributed by atoms with Crippen LogP contribution in [0.1, 0.15) is 41.7 Å².